The van der Waals surface area contributed by atoms with Gasteiger partial charge in [-0.2, -0.15) is 0 Å². The maximum absolute atomic E-state index is 13.8. The average Bonchev–Trinajstić information content (AvgIpc) is 3.38. The molecule has 0 radical (unpaired) electrons. The lowest BCUT2D eigenvalue weighted by Crippen LogP contribution is -2.53. The van der Waals surface area contributed by atoms with Crippen LogP contribution in [0.4, 0.5) is 4.39 Å². The summed E-state index contributed by atoms with van der Waals surface area (Å²) >= 11 is 0. The first kappa shape index (κ1) is 17.8. The largest absolute Gasteiger partial charge is 0.382 e. The highest BCUT2D eigenvalue weighted by molar-refractivity contribution is 5.95. The standard InChI is InChI=1S/C17H25FN2O3/c1-17(11-19,14-4-5-14)20-16(21)12-3-6-15(18)13(9-12)10-23-8-7-22-2/h3,6,9,14H,4-5,7-8,10-11,19H2,1-2H3,(H,20,21). The summed E-state index contributed by atoms with van der Waals surface area (Å²) in [7, 11) is 1.57. The summed E-state index contributed by atoms with van der Waals surface area (Å²) in [5.74, 6) is -0.195. The molecule has 0 bridgehead atoms. The summed E-state index contributed by atoms with van der Waals surface area (Å²) in [6, 6.07) is 4.30. The van der Waals surface area contributed by atoms with E-state index in [2.05, 4.69) is 5.32 Å². The van der Waals surface area contributed by atoms with Crippen molar-refractivity contribution in [1.29, 1.82) is 0 Å². The molecule has 3 N–H and O–H groups in total. The molecule has 0 spiro atoms. The van der Waals surface area contributed by atoms with Crippen LogP contribution in [0.5, 0.6) is 0 Å². The van der Waals surface area contributed by atoms with Crippen LogP contribution in [0.15, 0.2) is 18.2 Å². The molecule has 1 amide bonds. The molecular formula is C17H25FN2O3. The number of nitrogens with one attached hydrogen (secondary N) is 1. The Balaban J connectivity index is 2.02. The monoisotopic (exact) mass is 324 g/mol. The Morgan fingerprint density at radius 1 is 1.43 bits per heavy atom. The van der Waals surface area contributed by atoms with Gasteiger partial charge in [-0.05, 0) is 43.9 Å². The van der Waals surface area contributed by atoms with Crippen LogP contribution < -0.4 is 11.1 Å². The lowest BCUT2D eigenvalue weighted by Gasteiger charge is -2.29. The maximum atomic E-state index is 13.8. The van der Waals surface area contributed by atoms with Gasteiger partial charge in [0, 0.05) is 24.8 Å². The average molecular weight is 324 g/mol. The Hall–Kier alpha value is -1.50. The minimum absolute atomic E-state index is 0.104. The minimum Gasteiger partial charge on any atom is -0.382 e. The number of methoxy groups -OCH3 is 1. The Bertz CT molecular complexity index is 549. The fourth-order valence-corrected chi connectivity index (χ4v) is 2.52. The molecule has 1 atom stereocenters. The number of benzene rings is 1. The predicted molar refractivity (Wildman–Crippen MR) is 85.6 cm³/mol. The molecule has 1 aliphatic rings. The van der Waals surface area contributed by atoms with Gasteiger partial charge in [-0.15, -0.1) is 0 Å². The molecule has 1 aromatic rings. The van der Waals surface area contributed by atoms with Gasteiger partial charge in [-0.25, -0.2) is 4.39 Å². The zero-order valence-electron chi connectivity index (χ0n) is 13.7. The van der Waals surface area contributed by atoms with Crippen molar-refractivity contribution >= 4 is 5.91 Å². The SMILES string of the molecule is COCCOCc1cc(C(=O)NC(C)(CN)C2CC2)ccc1F. The Morgan fingerprint density at radius 3 is 2.78 bits per heavy atom. The Labute approximate surface area is 136 Å². The Kier molecular flexibility index (Phi) is 6.10. The van der Waals surface area contributed by atoms with Crippen LogP contribution >= 0.6 is 0 Å². The van der Waals surface area contributed by atoms with E-state index in [0.29, 0.717) is 36.8 Å². The van der Waals surface area contributed by atoms with E-state index in [-0.39, 0.29) is 18.3 Å². The number of halogens is 1. The molecule has 2 rings (SSSR count). The van der Waals surface area contributed by atoms with Crippen molar-refractivity contribution in [3.05, 3.63) is 35.1 Å². The second-order valence-electron chi connectivity index (χ2n) is 6.20. The van der Waals surface area contributed by atoms with Gasteiger partial charge in [-0.1, -0.05) is 0 Å². The van der Waals surface area contributed by atoms with Gasteiger partial charge in [0.25, 0.3) is 5.91 Å². The second kappa shape index (κ2) is 7.86. The topological polar surface area (TPSA) is 73.6 Å². The van der Waals surface area contributed by atoms with E-state index < -0.39 is 5.54 Å². The van der Waals surface area contributed by atoms with Gasteiger partial charge in [0.2, 0.25) is 0 Å². The number of amides is 1. The quantitative estimate of drug-likeness (QED) is 0.680. The maximum Gasteiger partial charge on any atom is 0.251 e. The minimum atomic E-state index is -0.402. The summed E-state index contributed by atoms with van der Waals surface area (Å²) in [6.45, 7) is 3.27. The number of rotatable bonds is 9. The van der Waals surface area contributed by atoms with Crippen molar-refractivity contribution in [3.63, 3.8) is 0 Å². The summed E-state index contributed by atoms with van der Waals surface area (Å²) in [4.78, 5) is 12.4. The first-order valence-corrected chi connectivity index (χ1v) is 7.88. The van der Waals surface area contributed by atoms with E-state index in [1.807, 2.05) is 6.92 Å². The number of hydrogen-bond donors (Lipinski definition) is 2. The van der Waals surface area contributed by atoms with Gasteiger partial charge in [-0.3, -0.25) is 4.79 Å². The van der Waals surface area contributed by atoms with E-state index in [4.69, 9.17) is 15.2 Å². The molecule has 1 saturated carbocycles. The second-order valence-corrected chi connectivity index (χ2v) is 6.20. The predicted octanol–water partition coefficient (Wildman–Crippen LogP) is 1.85. The van der Waals surface area contributed by atoms with Gasteiger partial charge in [0.15, 0.2) is 0 Å². The zero-order chi connectivity index (χ0) is 16.9. The van der Waals surface area contributed by atoms with Crippen molar-refractivity contribution in [2.45, 2.75) is 31.9 Å². The molecule has 5 nitrogen and oxygen atoms in total. The molecular weight excluding hydrogens is 299 g/mol. The summed E-state index contributed by atoms with van der Waals surface area (Å²) < 4.78 is 24.0. The summed E-state index contributed by atoms with van der Waals surface area (Å²) in [5, 5.41) is 3.00. The molecule has 128 valence electrons. The van der Waals surface area contributed by atoms with E-state index >= 15 is 0 Å². The van der Waals surface area contributed by atoms with Crippen LogP contribution in [0.3, 0.4) is 0 Å². The van der Waals surface area contributed by atoms with E-state index in [1.54, 1.807) is 7.11 Å². The van der Waals surface area contributed by atoms with Crippen LogP contribution in [-0.4, -0.2) is 38.3 Å². The molecule has 0 aliphatic heterocycles. The highest BCUT2D eigenvalue weighted by atomic mass is 19.1. The van der Waals surface area contributed by atoms with Crippen molar-refractivity contribution in [1.82, 2.24) is 5.32 Å². The van der Waals surface area contributed by atoms with Crippen molar-refractivity contribution in [2.24, 2.45) is 11.7 Å². The fourth-order valence-electron chi connectivity index (χ4n) is 2.52. The van der Waals surface area contributed by atoms with Crippen LogP contribution in [0.25, 0.3) is 0 Å². The van der Waals surface area contributed by atoms with Crippen LogP contribution in [0, 0.1) is 11.7 Å². The van der Waals surface area contributed by atoms with Crippen molar-refractivity contribution < 1.29 is 18.7 Å². The van der Waals surface area contributed by atoms with E-state index in [1.165, 1.54) is 18.2 Å². The third-order valence-electron chi connectivity index (χ3n) is 4.30. The van der Waals surface area contributed by atoms with E-state index in [0.717, 1.165) is 12.8 Å². The highest BCUT2D eigenvalue weighted by Gasteiger charge is 2.41. The van der Waals surface area contributed by atoms with Crippen LogP contribution in [0.1, 0.15) is 35.7 Å². The molecule has 0 saturated heterocycles. The molecule has 1 aliphatic carbocycles. The number of carbonyl (C=O) groups is 1. The molecule has 0 aromatic heterocycles. The van der Waals surface area contributed by atoms with Crippen molar-refractivity contribution in [3.8, 4) is 0 Å². The molecule has 6 heteroatoms. The smallest absolute Gasteiger partial charge is 0.251 e. The highest BCUT2D eigenvalue weighted by Crippen LogP contribution is 2.39. The lowest BCUT2D eigenvalue weighted by atomic mass is 9.95. The lowest BCUT2D eigenvalue weighted by molar-refractivity contribution is 0.0603. The fraction of sp³-hybridized carbons (Fsp3) is 0.588. The first-order chi connectivity index (χ1) is 11.0. The van der Waals surface area contributed by atoms with Crippen LogP contribution in [-0.2, 0) is 16.1 Å². The number of carbonyl (C=O) groups excluding carboxylic acids is 1. The molecule has 1 fully saturated rings. The van der Waals surface area contributed by atoms with Gasteiger partial charge >= 0.3 is 0 Å². The molecule has 23 heavy (non-hydrogen) atoms. The molecule has 1 aromatic carbocycles. The number of nitrogens with two attached hydrogens (primary N) is 1. The zero-order valence-corrected chi connectivity index (χ0v) is 13.7. The molecule has 1 unspecified atom stereocenters. The summed E-state index contributed by atoms with van der Waals surface area (Å²) in [5.41, 5.74) is 6.18. The van der Waals surface area contributed by atoms with Gasteiger partial charge in [0.05, 0.1) is 25.4 Å². The van der Waals surface area contributed by atoms with Crippen molar-refractivity contribution in [2.75, 3.05) is 26.9 Å². The number of ether oxygens (including phenoxy) is 2. The Morgan fingerprint density at radius 2 is 2.17 bits per heavy atom. The third-order valence-corrected chi connectivity index (χ3v) is 4.30. The van der Waals surface area contributed by atoms with E-state index in [9.17, 15) is 9.18 Å². The third kappa shape index (κ3) is 4.73. The number of hydrogen-bond acceptors (Lipinski definition) is 4. The van der Waals surface area contributed by atoms with Crippen LogP contribution in [0.2, 0.25) is 0 Å². The van der Waals surface area contributed by atoms with Gasteiger partial charge in [0.1, 0.15) is 5.82 Å². The first-order valence-electron chi connectivity index (χ1n) is 7.88. The normalized spacial score (nSPS) is 16.9. The molecule has 0 heterocycles. The summed E-state index contributed by atoms with van der Waals surface area (Å²) in [6.07, 6.45) is 2.16. The van der Waals surface area contributed by atoms with Gasteiger partial charge < -0.3 is 20.5 Å².